The van der Waals surface area contributed by atoms with E-state index in [1.165, 1.54) is 7.11 Å². The zero-order valence-corrected chi connectivity index (χ0v) is 7.66. The lowest BCUT2D eigenvalue weighted by molar-refractivity contribution is -0.129. The number of ether oxygens (including phenoxy) is 1. The van der Waals surface area contributed by atoms with Crippen LogP contribution in [0.15, 0.2) is 12.7 Å². The molecular weight excluding hydrogens is 170 g/mol. The number of allylic oxidation sites excluding steroid dienone is 1. The summed E-state index contributed by atoms with van der Waals surface area (Å²) in [6.07, 6.45) is 2.48. The van der Waals surface area contributed by atoms with Crippen LogP contribution >= 0.6 is 0 Å². The number of carbonyl (C=O) groups excluding carboxylic acids is 2. The highest BCUT2D eigenvalue weighted by atomic mass is 16.5. The zero-order valence-electron chi connectivity index (χ0n) is 7.66. The van der Waals surface area contributed by atoms with Crippen molar-refractivity contribution >= 4 is 12.0 Å². The van der Waals surface area contributed by atoms with E-state index in [0.717, 1.165) is 4.90 Å². The maximum Gasteiger partial charge on any atom is 0.416 e. The molecule has 0 aromatic carbocycles. The van der Waals surface area contributed by atoms with E-state index < -0.39 is 6.09 Å². The van der Waals surface area contributed by atoms with Crippen LogP contribution in [0.2, 0.25) is 0 Å². The highest BCUT2D eigenvalue weighted by Gasteiger charge is 2.35. The molecule has 72 valence electrons. The highest BCUT2D eigenvalue weighted by molar-refractivity contribution is 5.94. The van der Waals surface area contributed by atoms with Crippen LogP contribution in [0.25, 0.3) is 0 Å². The van der Waals surface area contributed by atoms with Crippen molar-refractivity contribution in [3.05, 3.63) is 12.7 Å². The van der Waals surface area contributed by atoms with Crippen molar-refractivity contribution in [1.82, 2.24) is 4.90 Å². The first-order valence-electron chi connectivity index (χ1n) is 4.21. The molecule has 0 aromatic rings. The molecule has 4 heteroatoms. The van der Waals surface area contributed by atoms with E-state index in [9.17, 15) is 9.59 Å². The molecule has 13 heavy (non-hydrogen) atoms. The second kappa shape index (κ2) is 4.07. The lowest BCUT2D eigenvalue weighted by Gasteiger charge is -2.11. The maximum atomic E-state index is 11.5. The van der Waals surface area contributed by atoms with E-state index in [4.69, 9.17) is 0 Å². The molecule has 1 saturated heterocycles. The van der Waals surface area contributed by atoms with Gasteiger partial charge >= 0.3 is 6.09 Å². The SMILES string of the molecule is C=CCC1CCN(C(=O)OC)C1=O. The Morgan fingerprint density at radius 3 is 3.08 bits per heavy atom. The smallest absolute Gasteiger partial charge is 0.416 e. The Bertz CT molecular complexity index is 237. The Balaban J connectivity index is 2.59. The Kier molecular flexibility index (Phi) is 3.06. The van der Waals surface area contributed by atoms with Crippen molar-refractivity contribution in [2.24, 2.45) is 5.92 Å². The molecule has 1 heterocycles. The number of nitrogens with zero attached hydrogens (tertiary/aromatic N) is 1. The minimum Gasteiger partial charge on any atom is -0.452 e. The van der Waals surface area contributed by atoms with Gasteiger partial charge in [0.2, 0.25) is 5.91 Å². The summed E-state index contributed by atoms with van der Waals surface area (Å²) in [5.74, 6) is -0.233. The van der Waals surface area contributed by atoms with Crippen molar-refractivity contribution in [1.29, 1.82) is 0 Å². The number of imide groups is 1. The van der Waals surface area contributed by atoms with E-state index in [1.54, 1.807) is 6.08 Å². The fraction of sp³-hybridized carbons (Fsp3) is 0.556. The van der Waals surface area contributed by atoms with Crippen molar-refractivity contribution in [2.75, 3.05) is 13.7 Å². The normalized spacial score (nSPS) is 21.8. The van der Waals surface area contributed by atoms with Gasteiger partial charge in [-0.2, -0.15) is 0 Å². The van der Waals surface area contributed by atoms with Crippen LogP contribution in [0.4, 0.5) is 4.79 Å². The summed E-state index contributed by atoms with van der Waals surface area (Å²) in [5.41, 5.74) is 0. The predicted octanol–water partition coefficient (Wildman–Crippen LogP) is 1.18. The van der Waals surface area contributed by atoms with Crippen molar-refractivity contribution in [2.45, 2.75) is 12.8 Å². The molecule has 0 radical (unpaired) electrons. The van der Waals surface area contributed by atoms with E-state index in [-0.39, 0.29) is 11.8 Å². The summed E-state index contributed by atoms with van der Waals surface area (Å²) >= 11 is 0. The van der Waals surface area contributed by atoms with Crippen molar-refractivity contribution < 1.29 is 14.3 Å². The number of rotatable bonds is 2. The Morgan fingerprint density at radius 2 is 2.54 bits per heavy atom. The topological polar surface area (TPSA) is 46.6 Å². The summed E-state index contributed by atoms with van der Waals surface area (Å²) in [6.45, 7) is 4.02. The van der Waals surface area contributed by atoms with E-state index >= 15 is 0 Å². The van der Waals surface area contributed by atoms with Gasteiger partial charge in [0.1, 0.15) is 0 Å². The van der Waals surface area contributed by atoms with Gasteiger partial charge in [0, 0.05) is 12.5 Å². The molecule has 1 aliphatic heterocycles. The Labute approximate surface area is 77.2 Å². The largest absolute Gasteiger partial charge is 0.452 e. The molecule has 1 unspecified atom stereocenters. The Morgan fingerprint density at radius 1 is 1.85 bits per heavy atom. The maximum absolute atomic E-state index is 11.5. The summed E-state index contributed by atoms with van der Waals surface area (Å²) in [7, 11) is 1.27. The van der Waals surface area contributed by atoms with Crippen LogP contribution in [0.3, 0.4) is 0 Å². The fourth-order valence-corrected chi connectivity index (χ4v) is 1.45. The first-order valence-corrected chi connectivity index (χ1v) is 4.21. The lowest BCUT2D eigenvalue weighted by Crippen LogP contribution is -2.33. The van der Waals surface area contributed by atoms with Crippen LogP contribution in [-0.2, 0) is 9.53 Å². The van der Waals surface area contributed by atoms with Gasteiger partial charge in [-0.05, 0) is 12.8 Å². The number of likely N-dealkylation sites (tertiary alicyclic amines) is 1. The van der Waals surface area contributed by atoms with Crippen LogP contribution in [0.1, 0.15) is 12.8 Å². The van der Waals surface area contributed by atoms with Gasteiger partial charge in [0.15, 0.2) is 0 Å². The summed E-state index contributed by atoms with van der Waals surface area (Å²) in [5, 5.41) is 0. The fourth-order valence-electron chi connectivity index (χ4n) is 1.45. The van der Waals surface area contributed by atoms with E-state index in [1.807, 2.05) is 0 Å². The molecule has 4 nitrogen and oxygen atoms in total. The van der Waals surface area contributed by atoms with Gasteiger partial charge in [0.05, 0.1) is 7.11 Å². The van der Waals surface area contributed by atoms with Gasteiger partial charge in [-0.1, -0.05) is 6.08 Å². The molecule has 1 rings (SSSR count). The zero-order chi connectivity index (χ0) is 9.84. The molecule has 0 bridgehead atoms. The minimum absolute atomic E-state index is 0.0865. The highest BCUT2D eigenvalue weighted by Crippen LogP contribution is 2.21. The van der Waals surface area contributed by atoms with Crippen molar-refractivity contribution in [3.8, 4) is 0 Å². The average molecular weight is 183 g/mol. The predicted molar refractivity (Wildman–Crippen MR) is 47.0 cm³/mol. The average Bonchev–Trinajstić information content (AvgIpc) is 2.48. The molecule has 0 spiro atoms. The van der Waals surface area contributed by atoms with Gasteiger partial charge in [-0.15, -0.1) is 6.58 Å². The molecule has 0 saturated carbocycles. The van der Waals surface area contributed by atoms with E-state index in [2.05, 4.69) is 11.3 Å². The number of methoxy groups -OCH3 is 1. The van der Waals surface area contributed by atoms with Gasteiger partial charge in [-0.3, -0.25) is 4.79 Å². The Hall–Kier alpha value is -1.32. The van der Waals surface area contributed by atoms with Gasteiger partial charge < -0.3 is 4.74 Å². The number of hydrogen-bond acceptors (Lipinski definition) is 3. The van der Waals surface area contributed by atoms with Crippen LogP contribution < -0.4 is 0 Å². The molecule has 0 N–H and O–H groups in total. The molecule has 1 atom stereocenters. The number of carbonyl (C=O) groups is 2. The summed E-state index contributed by atoms with van der Waals surface area (Å²) < 4.78 is 4.47. The second-order valence-electron chi connectivity index (χ2n) is 2.97. The van der Waals surface area contributed by atoms with Crippen LogP contribution in [-0.4, -0.2) is 30.6 Å². The molecular formula is C9H13NO3. The molecule has 1 aliphatic rings. The van der Waals surface area contributed by atoms with Gasteiger partial charge in [-0.25, -0.2) is 9.69 Å². The van der Waals surface area contributed by atoms with Crippen LogP contribution in [0, 0.1) is 5.92 Å². The summed E-state index contributed by atoms with van der Waals surface area (Å²) in [4.78, 5) is 23.7. The van der Waals surface area contributed by atoms with Crippen molar-refractivity contribution in [3.63, 3.8) is 0 Å². The third-order valence-corrected chi connectivity index (χ3v) is 2.16. The lowest BCUT2D eigenvalue weighted by atomic mass is 10.0. The number of amides is 2. The monoisotopic (exact) mass is 183 g/mol. The first kappa shape index (κ1) is 9.77. The summed E-state index contributed by atoms with van der Waals surface area (Å²) in [6, 6.07) is 0. The van der Waals surface area contributed by atoms with Gasteiger partial charge in [0.25, 0.3) is 0 Å². The molecule has 1 fully saturated rings. The van der Waals surface area contributed by atoms with E-state index in [0.29, 0.717) is 19.4 Å². The molecule has 2 amide bonds. The van der Waals surface area contributed by atoms with Crippen LogP contribution in [0.5, 0.6) is 0 Å². The molecule has 0 aliphatic carbocycles. The standard InChI is InChI=1S/C9H13NO3/c1-3-4-7-5-6-10(8(7)11)9(12)13-2/h3,7H,1,4-6H2,2H3. The molecule has 0 aromatic heterocycles. The third kappa shape index (κ3) is 1.88. The second-order valence-corrected chi connectivity index (χ2v) is 2.97. The third-order valence-electron chi connectivity index (χ3n) is 2.16. The number of hydrogen-bond donors (Lipinski definition) is 0. The minimum atomic E-state index is -0.559. The quantitative estimate of drug-likeness (QED) is 0.604. The first-order chi connectivity index (χ1) is 6.20.